The van der Waals surface area contributed by atoms with Gasteiger partial charge in [0.25, 0.3) is 0 Å². The zero-order chi connectivity index (χ0) is 33.6. The molecule has 260 valence electrons. The van der Waals surface area contributed by atoms with Gasteiger partial charge in [0, 0.05) is 43.7 Å². The van der Waals surface area contributed by atoms with Crippen LogP contribution < -0.4 is 0 Å². The molecule has 48 heavy (non-hydrogen) atoms. The van der Waals surface area contributed by atoms with Crippen LogP contribution in [0.25, 0.3) is 11.8 Å². The van der Waals surface area contributed by atoms with Crippen molar-refractivity contribution in [1.29, 1.82) is 0 Å². The molecule has 0 amide bonds. The first-order valence-electron chi connectivity index (χ1n) is 18.2. The maximum atomic E-state index is 15.0. The molecule has 9 nitrogen and oxygen atoms in total. The van der Waals surface area contributed by atoms with Gasteiger partial charge in [0.1, 0.15) is 12.4 Å². The number of rotatable bonds is 7. The molecule has 0 radical (unpaired) electrons. The number of ketones is 1. The van der Waals surface area contributed by atoms with Gasteiger partial charge in [0.2, 0.25) is 0 Å². The summed E-state index contributed by atoms with van der Waals surface area (Å²) >= 11 is 0. The van der Waals surface area contributed by atoms with Crippen LogP contribution in [0.1, 0.15) is 76.1 Å². The standard InChI is InChI=1S/C38H51FN4O5/c1-5-6-34-47-33-17-28-27-9-7-25-16-30-24(18-36(25,2)35(27)31(45)19-37(28,3)38(33,48-34)32(46)22-44)20-40-43(30)26-8-10-29(39)23(15-26)21-42-13-11-41(4)12-14-42/h8,10,15-16,20,27-28,31,33-35,44-45H,5-7,9,11-14,17-19,21-22H2,1-4H3/t27-,28-,31-,33+,34+,35+,36-,37-,38+/m0/s1. The van der Waals surface area contributed by atoms with Gasteiger partial charge in [-0.05, 0) is 98.6 Å². The number of aliphatic hydroxyl groups excluding tert-OH is 2. The van der Waals surface area contributed by atoms with Crippen molar-refractivity contribution in [2.75, 3.05) is 39.8 Å². The summed E-state index contributed by atoms with van der Waals surface area (Å²) in [5, 5.41) is 27.2. The number of allylic oxidation sites excluding steroid dienone is 1. The van der Waals surface area contributed by atoms with Crippen molar-refractivity contribution in [2.24, 2.45) is 28.6 Å². The lowest BCUT2D eigenvalue weighted by molar-refractivity contribution is -0.202. The Hall–Kier alpha value is -2.47. The first-order valence-corrected chi connectivity index (χ1v) is 18.2. The van der Waals surface area contributed by atoms with Crippen molar-refractivity contribution in [1.82, 2.24) is 19.6 Å². The maximum absolute atomic E-state index is 15.0. The number of hydrogen-bond donors (Lipinski definition) is 2. The fraction of sp³-hybridized carbons (Fsp3) is 0.684. The van der Waals surface area contributed by atoms with Gasteiger partial charge >= 0.3 is 0 Å². The van der Waals surface area contributed by atoms with E-state index in [4.69, 9.17) is 14.6 Å². The van der Waals surface area contributed by atoms with Gasteiger partial charge < -0.3 is 24.6 Å². The Labute approximate surface area is 283 Å². The second kappa shape index (κ2) is 11.8. The Morgan fingerprint density at radius 2 is 1.98 bits per heavy atom. The van der Waals surface area contributed by atoms with Crippen molar-refractivity contribution in [2.45, 2.75) is 96.4 Å². The molecule has 2 aromatic rings. The summed E-state index contributed by atoms with van der Waals surface area (Å²) in [5.74, 6) is -0.158. The SMILES string of the molecule is CCC[C@@H]1O[C@@H]2C[C@H]3[C@@H]4CCC5=Cc6c(cnn6-c6ccc(F)c(CN7CCN(C)CC7)c6)C[C@]5(C)[C@H]4[C@@H](O)C[C@]3(C)[C@]2(C(=O)CO)O1. The number of nitrogens with zero attached hydrogens (tertiary/aromatic N) is 4. The number of halogens is 1. The number of aromatic nitrogens is 2. The van der Waals surface area contributed by atoms with E-state index in [1.54, 1.807) is 6.07 Å². The third-order valence-corrected chi connectivity index (χ3v) is 13.6. The molecular formula is C38H51FN4O5. The van der Waals surface area contributed by atoms with Gasteiger partial charge in [0.05, 0.1) is 29.8 Å². The number of benzene rings is 1. The highest BCUT2D eigenvalue weighted by molar-refractivity contribution is 5.91. The molecule has 0 spiro atoms. The average Bonchev–Trinajstić information content (AvgIpc) is 3.70. The molecule has 0 unspecified atom stereocenters. The largest absolute Gasteiger partial charge is 0.393 e. The fourth-order valence-electron chi connectivity index (χ4n) is 11.2. The predicted octanol–water partition coefficient (Wildman–Crippen LogP) is 4.36. The first kappa shape index (κ1) is 32.7. The van der Waals surface area contributed by atoms with Crippen LogP contribution in [-0.4, -0.2) is 99.5 Å². The third-order valence-electron chi connectivity index (χ3n) is 13.6. The van der Waals surface area contributed by atoms with Crippen molar-refractivity contribution in [3.05, 3.63) is 52.6 Å². The van der Waals surface area contributed by atoms with Crippen molar-refractivity contribution < 1.29 is 28.9 Å². The molecule has 4 aliphatic carbocycles. The number of piperazine rings is 1. The molecule has 9 atom stereocenters. The normalized spacial score (nSPS) is 39.3. The fourth-order valence-corrected chi connectivity index (χ4v) is 11.2. The summed E-state index contributed by atoms with van der Waals surface area (Å²) in [4.78, 5) is 18.2. The summed E-state index contributed by atoms with van der Waals surface area (Å²) in [6, 6.07) is 5.34. The van der Waals surface area contributed by atoms with Gasteiger partial charge in [-0.1, -0.05) is 32.8 Å². The number of Topliss-reactive ketones (excluding diaryl/α,β-unsaturated/α-hetero) is 1. The molecule has 2 N–H and O–H groups in total. The molecule has 3 heterocycles. The molecule has 2 aliphatic heterocycles. The molecule has 3 saturated carbocycles. The number of carbonyl (C=O) groups is 1. The van der Waals surface area contributed by atoms with E-state index in [9.17, 15) is 15.0 Å². The van der Waals surface area contributed by atoms with Crippen molar-refractivity contribution in [3.8, 4) is 5.69 Å². The minimum Gasteiger partial charge on any atom is -0.393 e. The topological polar surface area (TPSA) is 100 Å². The second-order valence-corrected chi connectivity index (χ2v) is 16.1. The third kappa shape index (κ3) is 4.69. The van der Waals surface area contributed by atoms with Gasteiger partial charge in [-0.3, -0.25) is 9.69 Å². The quantitative estimate of drug-likeness (QED) is 0.452. The van der Waals surface area contributed by atoms with Crippen LogP contribution >= 0.6 is 0 Å². The molecule has 2 saturated heterocycles. The Kier molecular flexibility index (Phi) is 8.05. The van der Waals surface area contributed by atoms with E-state index < -0.39 is 36.1 Å². The minimum atomic E-state index is -1.23. The lowest BCUT2D eigenvalue weighted by atomic mass is 9.45. The molecule has 5 fully saturated rings. The number of carbonyl (C=O) groups excluding carboxylic acids is 1. The Balaban J connectivity index is 1.08. The molecule has 1 aromatic carbocycles. The monoisotopic (exact) mass is 662 g/mol. The van der Waals surface area contributed by atoms with Gasteiger partial charge in [-0.15, -0.1) is 0 Å². The van der Waals surface area contributed by atoms with E-state index in [0.717, 1.165) is 68.8 Å². The van der Waals surface area contributed by atoms with Gasteiger partial charge in [-0.2, -0.15) is 5.10 Å². The average molecular weight is 663 g/mol. The van der Waals surface area contributed by atoms with E-state index in [0.29, 0.717) is 31.4 Å². The number of fused-ring (bicyclic) bond motifs is 8. The van der Waals surface area contributed by atoms with E-state index in [1.807, 2.05) is 23.0 Å². The molecule has 1 aromatic heterocycles. The van der Waals surface area contributed by atoms with E-state index >= 15 is 4.39 Å². The van der Waals surface area contributed by atoms with Gasteiger partial charge in [0.15, 0.2) is 17.7 Å². The summed E-state index contributed by atoms with van der Waals surface area (Å²) in [6.45, 7) is 10.3. The zero-order valence-corrected chi connectivity index (χ0v) is 28.8. The van der Waals surface area contributed by atoms with E-state index in [1.165, 1.54) is 5.57 Å². The number of hydrogen-bond acceptors (Lipinski definition) is 8. The Morgan fingerprint density at radius 3 is 2.73 bits per heavy atom. The first-order chi connectivity index (χ1) is 23.0. The van der Waals surface area contributed by atoms with Crippen LogP contribution in [0, 0.1) is 34.4 Å². The molecule has 6 aliphatic rings. The molecular weight excluding hydrogens is 611 g/mol. The van der Waals surface area contributed by atoms with Crippen LogP contribution in [-0.2, 0) is 27.2 Å². The minimum absolute atomic E-state index is 0.0135. The molecule has 10 heteroatoms. The number of likely N-dealkylation sites (N-methyl/N-ethyl adjacent to an activating group) is 1. The van der Waals surface area contributed by atoms with Crippen LogP contribution in [0.2, 0.25) is 0 Å². The van der Waals surface area contributed by atoms with Crippen LogP contribution in [0.15, 0.2) is 30.0 Å². The highest BCUT2D eigenvalue weighted by Gasteiger charge is 2.75. The summed E-state index contributed by atoms with van der Waals surface area (Å²) in [7, 11) is 2.12. The summed E-state index contributed by atoms with van der Waals surface area (Å²) < 4.78 is 30.0. The predicted molar refractivity (Wildman–Crippen MR) is 179 cm³/mol. The highest BCUT2D eigenvalue weighted by atomic mass is 19.1. The van der Waals surface area contributed by atoms with Crippen LogP contribution in [0.5, 0.6) is 0 Å². The van der Waals surface area contributed by atoms with Crippen LogP contribution in [0.3, 0.4) is 0 Å². The molecule has 0 bridgehead atoms. The zero-order valence-electron chi connectivity index (χ0n) is 28.8. The Morgan fingerprint density at radius 1 is 1.19 bits per heavy atom. The van der Waals surface area contributed by atoms with Crippen LogP contribution in [0.4, 0.5) is 4.39 Å². The van der Waals surface area contributed by atoms with E-state index in [-0.39, 0.29) is 34.8 Å². The lowest BCUT2D eigenvalue weighted by Crippen LogP contribution is -2.64. The lowest BCUT2D eigenvalue weighted by Gasteiger charge is -2.60. The maximum Gasteiger partial charge on any atom is 0.193 e. The molecule has 8 rings (SSSR count). The number of aliphatic hydroxyl groups is 2. The smallest absolute Gasteiger partial charge is 0.193 e. The van der Waals surface area contributed by atoms with Crippen molar-refractivity contribution >= 4 is 11.9 Å². The van der Waals surface area contributed by atoms with Crippen molar-refractivity contribution in [3.63, 3.8) is 0 Å². The highest BCUT2D eigenvalue weighted by Crippen LogP contribution is 2.70. The van der Waals surface area contributed by atoms with Gasteiger partial charge in [-0.25, -0.2) is 9.07 Å². The second-order valence-electron chi connectivity index (χ2n) is 16.1. The Bertz CT molecular complexity index is 1620. The summed E-state index contributed by atoms with van der Waals surface area (Å²) in [5.41, 5.74) is 2.94. The van der Waals surface area contributed by atoms with E-state index in [2.05, 4.69) is 43.7 Å². The summed E-state index contributed by atoms with van der Waals surface area (Å²) in [6.07, 6.45) is 8.01. The number of ether oxygens (including phenoxy) is 2.